The lowest BCUT2D eigenvalue weighted by atomic mass is 10.1. The minimum atomic E-state index is -3.08. The van der Waals surface area contributed by atoms with E-state index in [1.54, 1.807) is 12.1 Å². The second-order valence-corrected chi connectivity index (χ2v) is 7.45. The molecule has 2 rings (SSSR count). The van der Waals surface area contributed by atoms with Crippen molar-refractivity contribution in [2.75, 3.05) is 19.3 Å². The number of nitrogens with one attached hydrogen (secondary N) is 1. The van der Waals surface area contributed by atoms with Crippen LogP contribution in [0.1, 0.15) is 18.4 Å². The zero-order chi connectivity index (χ0) is 14.8. The summed E-state index contributed by atoms with van der Waals surface area (Å²) in [5, 5.41) is 13.5. The molecule has 1 saturated heterocycles. The molecule has 0 unspecified atom stereocenters. The van der Waals surface area contributed by atoms with Gasteiger partial charge in [-0.2, -0.15) is 0 Å². The topological polar surface area (TPSA) is 69.6 Å². The Labute approximate surface area is 124 Å². The quantitative estimate of drug-likeness (QED) is 0.884. The van der Waals surface area contributed by atoms with Gasteiger partial charge in [0.15, 0.2) is 0 Å². The van der Waals surface area contributed by atoms with E-state index in [1.807, 2.05) is 6.07 Å². The molecular weight excluding hydrogens is 300 g/mol. The molecule has 0 amide bonds. The smallest absolute Gasteiger partial charge is 0.211 e. The zero-order valence-corrected chi connectivity index (χ0v) is 12.9. The fourth-order valence-electron chi connectivity index (χ4n) is 2.35. The Balaban J connectivity index is 1.86. The van der Waals surface area contributed by atoms with E-state index in [9.17, 15) is 13.5 Å². The van der Waals surface area contributed by atoms with Crippen molar-refractivity contribution in [2.45, 2.75) is 25.4 Å². The van der Waals surface area contributed by atoms with Gasteiger partial charge in [-0.05, 0) is 18.9 Å². The second-order valence-electron chi connectivity index (χ2n) is 5.06. The highest BCUT2D eigenvalue weighted by Gasteiger charge is 2.24. The number of phenolic OH excluding ortho intramolecular Hbond substituents is 1. The summed E-state index contributed by atoms with van der Waals surface area (Å²) in [5.41, 5.74) is 0.753. The van der Waals surface area contributed by atoms with E-state index in [2.05, 4.69) is 5.32 Å². The molecule has 0 aliphatic carbocycles. The van der Waals surface area contributed by atoms with E-state index in [4.69, 9.17) is 11.6 Å². The van der Waals surface area contributed by atoms with Crippen molar-refractivity contribution in [1.82, 2.24) is 9.62 Å². The van der Waals surface area contributed by atoms with E-state index in [-0.39, 0.29) is 11.8 Å². The fourth-order valence-corrected chi connectivity index (χ4v) is 3.42. The highest BCUT2D eigenvalue weighted by molar-refractivity contribution is 7.88. The maximum atomic E-state index is 11.4. The van der Waals surface area contributed by atoms with Crippen LogP contribution in [0.2, 0.25) is 5.02 Å². The van der Waals surface area contributed by atoms with E-state index in [1.165, 1.54) is 10.6 Å². The monoisotopic (exact) mass is 318 g/mol. The van der Waals surface area contributed by atoms with Crippen LogP contribution in [0.25, 0.3) is 0 Å². The van der Waals surface area contributed by atoms with Crippen LogP contribution in [0.5, 0.6) is 5.75 Å². The fraction of sp³-hybridized carbons (Fsp3) is 0.538. The van der Waals surface area contributed by atoms with Crippen molar-refractivity contribution < 1.29 is 13.5 Å². The van der Waals surface area contributed by atoms with Crippen molar-refractivity contribution >= 4 is 21.6 Å². The number of hydrogen-bond donors (Lipinski definition) is 2. The number of para-hydroxylation sites is 1. The van der Waals surface area contributed by atoms with Crippen LogP contribution in [0.3, 0.4) is 0 Å². The van der Waals surface area contributed by atoms with Gasteiger partial charge in [0.25, 0.3) is 0 Å². The van der Waals surface area contributed by atoms with Crippen LogP contribution in [0, 0.1) is 0 Å². The third kappa shape index (κ3) is 3.85. The highest BCUT2D eigenvalue weighted by Crippen LogP contribution is 2.27. The summed E-state index contributed by atoms with van der Waals surface area (Å²) in [5.74, 6) is 0.107. The van der Waals surface area contributed by atoms with Crippen molar-refractivity contribution in [3.05, 3.63) is 28.8 Å². The Hall–Kier alpha value is -0.820. The molecule has 20 heavy (non-hydrogen) atoms. The van der Waals surface area contributed by atoms with Gasteiger partial charge in [0.05, 0.1) is 11.3 Å². The first-order valence-corrected chi connectivity index (χ1v) is 8.75. The van der Waals surface area contributed by atoms with Crippen LogP contribution < -0.4 is 5.32 Å². The number of rotatable bonds is 4. The average molecular weight is 319 g/mol. The number of aromatic hydroxyl groups is 1. The summed E-state index contributed by atoms with van der Waals surface area (Å²) in [7, 11) is -3.08. The van der Waals surface area contributed by atoms with Gasteiger partial charge >= 0.3 is 0 Å². The van der Waals surface area contributed by atoms with E-state index < -0.39 is 10.0 Å². The van der Waals surface area contributed by atoms with E-state index >= 15 is 0 Å². The normalized spacial score (nSPS) is 18.3. The highest BCUT2D eigenvalue weighted by atomic mass is 35.5. The number of nitrogens with zero attached hydrogens (tertiary/aromatic N) is 1. The summed E-state index contributed by atoms with van der Waals surface area (Å²) in [6.45, 7) is 1.60. The van der Waals surface area contributed by atoms with Crippen LogP contribution in [0.15, 0.2) is 18.2 Å². The predicted molar refractivity (Wildman–Crippen MR) is 79.4 cm³/mol. The minimum Gasteiger partial charge on any atom is -0.506 e. The predicted octanol–water partition coefficient (Wildman–Crippen LogP) is 1.56. The van der Waals surface area contributed by atoms with Crippen molar-refractivity contribution in [1.29, 1.82) is 0 Å². The molecular formula is C13H19ClN2O3S. The van der Waals surface area contributed by atoms with Crippen LogP contribution in [-0.2, 0) is 16.6 Å². The number of halogens is 1. The summed E-state index contributed by atoms with van der Waals surface area (Å²) in [6.07, 6.45) is 2.79. The van der Waals surface area contributed by atoms with Crippen LogP contribution >= 0.6 is 11.6 Å². The van der Waals surface area contributed by atoms with Crippen molar-refractivity contribution in [3.63, 3.8) is 0 Å². The van der Waals surface area contributed by atoms with Crippen LogP contribution in [0.4, 0.5) is 0 Å². The molecule has 5 nitrogen and oxygen atoms in total. The molecule has 0 saturated carbocycles. The number of sulfonamides is 1. The molecule has 0 radical (unpaired) electrons. The third-order valence-corrected chi connectivity index (χ3v) is 5.18. The molecule has 0 atom stereocenters. The Morgan fingerprint density at radius 1 is 1.40 bits per heavy atom. The molecule has 1 fully saturated rings. The maximum absolute atomic E-state index is 11.4. The van der Waals surface area contributed by atoms with Gasteiger partial charge in [-0.15, -0.1) is 0 Å². The van der Waals surface area contributed by atoms with Gasteiger partial charge in [0.1, 0.15) is 5.75 Å². The molecule has 0 bridgehead atoms. The van der Waals surface area contributed by atoms with Gasteiger partial charge in [-0.1, -0.05) is 23.7 Å². The molecule has 7 heteroatoms. The number of hydrogen-bond acceptors (Lipinski definition) is 4. The van der Waals surface area contributed by atoms with Gasteiger partial charge in [0.2, 0.25) is 10.0 Å². The standard InChI is InChI=1S/C13H19ClN2O3S/c1-20(18,19)16-7-5-11(6-8-16)15-9-10-3-2-4-12(14)13(10)17/h2-4,11,15,17H,5-9H2,1H3. The van der Waals surface area contributed by atoms with Gasteiger partial charge in [-0.3, -0.25) is 0 Å². The average Bonchev–Trinajstić information content (AvgIpc) is 2.40. The molecule has 1 aromatic rings. The SMILES string of the molecule is CS(=O)(=O)N1CCC(NCc2cccc(Cl)c2O)CC1. The molecule has 1 aliphatic heterocycles. The zero-order valence-electron chi connectivity index (χ0n) is 11.3. The van der Waals surface area contributed by atoms with Crippen LogP contribution in [-0.4, -0.2) is 43.2 Å². The van der Waals surface area contributed by atoms with Crippen molar-refractivity contribution in [3.8, 4) is 5.75 Å². The molecule has 0 aromatic heterocycles. The summed E-state index contributed by atoms with van der Waals surface area (Å²) < 4.78 is 24.3. The van der Waals surface area contributed by atoms with Gasteiger partial charge in [0, 0.05) is 31.2 Å². The molecule has 2 N–H and O–H groups in total. The van der Waals surface area contributed by atoms with Crippen molar-refractivity contribution in [2.24, 2.45) is 0 Å². The number of phenols is 1. The first-order chi connectivity index (χ1) is 9.38. The summed E-state index contributed by atoms with van der Waals surface area (Å²) in [6, 6.07) is 5.52. The maximum Gasteiger partial charge on any atom is 0.211 e. The lowest BCUT2D eigenvalue weighted by Gasteiger charge is -2.30. The minimum absolute atomic E-state index is 0.107. The molecule has 1 aliphatic rings. The summed E-state index contributed by atoms with van der Waals surface area (Å²) >= 11 is 5.85. The van der Waals surface area contributed by atoms with Gasteiger partial charge in [-0.25, -0.2) is 12.7 Å². The summed E-state index contributed by atoms with van der Waals surface area (Å²) in [4.78, 5) is 0. The molecule has 0 spiro atoms. The largest absolute Gasteiger partial charge is 0.506 e. The second kappa shape index (κ2) is 6.30. The lowest BCUT2D eigenvalue weighted by molar-refractivity contribution is 0.289. The van der Waals surface area contributed by atoms with E-state index in [0.717, 1.165) is 18.4 Å². The lowest BCUT2D eigenvalue weighted by Crippen LogP contribution is -2.44. The first kappa shape index (κ1) is 15.6. The molecule has 112 valence electrons. The number of benzene rings is 1. The Morgan fingerprint density at radius 2 is 2.05 bits per heavy atom. The number of piperidine rings is 1. The Kier molecular flexibility index (Phi) is 4.90. The molecule has 1 heterocycles. The van der Waals surface area contributed by atoms with Gasteiger partial charge < -0.3 is 10.4 Å². The Bertz CT molecular complexity index is 569. The Morgan fingerprint density at radius 3 is 2.65 bits per heavy atom. The van der Waals surface area contributed by atoms with E-state index in [0.29, 0.717) is 24.7 Å². The third-order valence-electron chi connectivity index (χ3n) is 3.57. The first-order valence-electron chi connectivity index (χ1n) is 6.53. The molecule has 1 aromatic carbocycles.